The molecule has 0 radical (unpaired) electrons. The lowest BCUT2D eigenvalue weighted by atomic mass is 10.2. The molecule has 0 aliphatic carbocycles. The lowest BCUT2D eigenvalue weighted by Gasteiger charge is -2.08. The van der Waals surface area contributed by atoms with Crippen LogP contribution < -0.4 is 15.6 Å². The van der Waals surface area contributed by atoms with Gasteiger partial charge in [0.25, 0.3) is 5.91 Å². The standard InChI is InChI=1S/C15H15FN2O4S/c1-21-13-9-23-8-12(13)14(19)17-18-15(20)22-6-5-10-3-2-4-11(16)7-10/h2-4,7-9H,5-6H2,1H3,(H,17,19)(H,18,20). The molecule has 0 saturated heterocycles. The number of hydrogen-bond donors (Lipinski definition) is 2. The Morgan fingerprint density at radius 2 is 2.09 bits per heavy atom. The number of thiophene rings is 1. The molecule has 6 nitrogen and oxygen atoms in total. The lowest BCUT2D eigenvalue weighted by molar-refractivity contribution is 0.0908. The lowest BCUT2D eigenvalue weighted by Crippen LogP contribution is -2.42. The zero-order chi connectivity index (χ0) is 16.7. The Morgan fingerprint density at radius 3 is 2.83 bits per heavy atom. The van der Waals surface area contributed by atoms with Gasteiger partial charge in [0.05, 0.1) is 19.3 Å². The second-order valence-electron chi connectivity index (χ2n) is 4.45. The van der Waals surface area contributed by atoms with E-state index in [0.29, 0.717) is 23.3 Å². The molecule has 2 aromatic rings. The molecule has 122 valence electrons. The van der Waals surface area contributed by atoms with Crippen LogP contribution in [-0.4, -0.2) is 25.7 Å². The Labute approximate surface area is 136 Å². The molecule has 0 atom stereocenters. The average Bonchev–Trinajstić information content (AvgIpc) is 3.01. The molecule has 0 saturated carbocycles. The van der Waals surface area contributed by atoms with Gasteiger partial charge in [-0.1, -0.05) is 12.1 Å². The van der Waals surface area contributed by atoms with Gasteiger partial charge < -0.3 is 9.47 Å². The molecule has 2 amide bonds. The fraction of sp³-hybridized carbons (Fsp3) is 0.200. The zero-order valence-corrected chi connectivity index (χ0v) is 13.1. The van der Waals surface area contributed by atoms with Crippen molar-refractivity contribution in [3.8, 4) is 5.75 Å². The number of halogens is 1. The predicted octanol–water partition coefficient (Wildman–Crippen LogP) is 2.51. The van der Waals surface area contributed by atoms with E-state index in [-0.39, 0.29) is 12.4 Å². The number of carbonyl (C=O) groups is 2. The van der Waals surface area contributed by atoms with Crippen LogP contribution >= 0.6 is 11.3 Å². The van der Waals surface area contributed by atoms with Crippen LogP contribution in [0.25, 0.3) is 0 Å². The highest BCUT2D eigenvalue weighted by Crippen LogP contribution is 2.22. The third kappa shape index (κ3) is 4.96. The summed E-state index contributed by atoms with van der Waals surface area (Å²) in [5, 5.41) is 3.28. The molecule has 0 spiro atoms. The molecule has 0 aliphatic rings. The Balaban J connectivity index is 1.72. The van der Waals surface area contributed by atoms with E-state index in [0.717, 1.165) is 0 Å². The Kier molecular flexibility index (Phi) is 5.93. The highest BCUT2D eigenvalue weighted by molar-refractivity contribution is 7.08. The number of hydrogen-bond acceptors (Lipinski definition) is 5. The van der Waals surface area contributed by atoms with Crippen LogP contribution in [0, 0.1) is 5.82 Å². The van der Waals surface area contributed by atoms with Crippen molar-refractivity contribution in [1.29, 1.82) is 0 Å². The topological polar surface area (TPSA) is 76.7 Å². The van der Waals surface area contributed by atoms with Crippen LogP contribution in [0.4, 0.5) is 9.18 Å². The van der Waals surface area contributed by atoms with Gasteiger partial charge in [-0.25, -0.2) is 14.6 Å². The Morgan fingerprint density at radius 1 is 1.26 bits per heavy atom. The molecule has 1 aromatic carbocycles. The summed E-state index contributed by atoms with van der Waals surface area (Å²) in [6.45, 7) is 0.0624. The molecule has 0 fully saturated rings. The van der Waals surface area contributed by atoms with Gasteiger partial charge >= 0.3 is 6.09 Å². The number of amides is 2. The zero-order valence-electron chi connectivity index (χ0n) is 12.3. The minimum absolute atomic E-state index is 0.0624. The van der Waals surface area contributed by atoms with Gasteiger partial charge in [0.2, 0.25) is 0 Å². The number of ether oxygens (including phenoxy) is 2. The van der Waals surface area contributed by atoms with E-state index in [1.165, 1.54) is 30.6 Å². The summed E-state index contributed by atoms with van der Waals surface area (Å²) in [6.07, 6.45) is -0.429. The summed E-state index contributed by atoms with van der Waals surface area (Å²) in [4.78, 5) is 23.3. The quantitative estimate of drug-likeness (QED) is 0.821. The van der Waals surface area contributed by atoms with E-state index in [1.54, 1.807) is 22.9 Å². The number of methoxy groups -OCH3 is 1. The molecule has 8 heteroatoms. The van der Waals surface area contributed by atoms with E-state index in [9.17, 15) is 14.0 Å². The van der Waals surface area contributed by atoms with Gasteiger partial charge in [0.15, 0.2) is 0 Å². The smallest absolute Gasteiger partial charge is 0.426 e. The minimum Gasteiger partial charge on any atom is -0.495 e. The maximum atomic E-state index is 13.0. The maximum absolute atomic E-state index is 13.0. The van der Waals surface area contributed by atoms with Gasteiger partial charge in [0, 0.05) is 17.2 Å². The van der Waals surface area contributed by atoms with E-state index in [1.807, 2.05) is 0 Å². The fourth-order valence-electron chi connectivity index (χ4n) is 1.77. The van der Waals surface area contributed by atoms with E-state index in [4.69, 9.17) is 9.47 Å². The highest BCUT2D eigenvalue weighted by atomic mass is 32.1. The molecular weight excluding hydrogens is 323 g/mol. The molecule has 1 aromatic heterocycles. The molecule has 1 heterocycles. The van der Waals surface area contributed by atoms with Crippen LogP contribution in [0.5, 0.6) is 5.75 Å². The molecule has 0 bridgehead atoms. The number of nitrogens with one attached hydrogen (secondary N) is 2. The highest BCUT2D eigenvalue weighted by Gasteiger charge is 2.14. The van der Waals surface area contributed by atoms with Crippen LogP contribution in [0.1, 0.15) is 15.9 Å². The summed E-state index contributed by atoms with van der Waals surface area (Å²) in [5.74, 6) is -0.428. The molecular formula is C15H15FN2O4S. The van der Waals surface area contributed by atoms with Crippen molar-refractivity contribution < 1.29 is 23.5 Å². The van der Waals surface area contributed by atoms with Crippen LogP contribution in [0.2, 0.25) is 0 Å². The first-order valence-corrected chi connectivity index (χ1v) is 7.62. The maximum Gasteiger partial charge on any atom is 0.426 e. The average molecular weight is 338 g/mol. The van der Waals surface area contributed by atoms with E-state index < -0.39 is 12.0 Å². The Bertz CT molecular complexity index is 690. The fourth-order valence-corrected chi connectivity index (χ4v) is 2.55. The molecule has 0 aliphatic heterocycles. The van der Waals surface area contributed by atoms with Crippen molar-refractivity contribution in [1.82, 2.24) is 10.9 Å². The van der Waals surface area contributed by atoms with Gasteiger partial charge in [-0.3, -0.25) is 10.2 Å². The van der Waals surface area contributed by atoms with Crippen molar-refractivity contribution in [2.24, 2.45) is 0 Å². The molecule has 23 heavy (non-hydrogen) atoms. The summed E-state index contributed by atoms with van der Waals surface area (Å²) >= 11 is 1.31. The van der Waals surface area contributed by atoms with Crippen molar-refractivity contribution in [3.05, 3.63) is 52.0 Å². The number of carbonyl (C=O) groups excluding carboxylic acids is 2. The van der Waals surface area contributed by atoms with E-state index >= 15 is 0 Å². The predicted molar refractivity (Wildman–Crippen MR) is 82.9 cm³/mol. The minimum atomic E-state index is -0.802. The van der Waals surface area contributed by atoms with Crippen LogP contribution in [-0.2, 0) is 11.2 Å². The van der Waals surface area contributed by atoms with Gasteiger partial charge in [-0.15, -0.1) is 11.3 Å². The Hall–Kier alpha value is -2.61. The molecule has 2 rings (SSSR count). The second kappa shape index (κ2) is 8.14. The number of benzene rings is 1. The van der Waals surface area contributed by atoms with Gasteiger partial charge in [0.1, 0.15) is 11.6 Å². The first kappa shape index (κ1) is 16.8. The number of hydrazine groups is 1. The van der Waals surface area contributed by atoms with Crippen LogP contribution in [0.15, 0.2) is 35.0 Å². The monoisotopic (exact) mass is 338 g/mol. The summed E-state index contributed by atoms with van der Waals surface area (Å²) in [5.41, 5.74) is 5.38. The molecule has 0 unspecified atom stereocenters. The van der Waals surface area contributed by atoms with E-state index in [2.05, 4.69) is 10.9 Å². The third-order valence-corrected chi connectivity index (χ3v) is 3.60. The van der Waals surface area contributed by atoms with Crippen molar-refractivity contribution in [2.45, 2.75) is 6.42 Å². The summed E-state index contributed by atoms with van der Waals surface area (Å²) in [7, 11) is 1.45. The second-order valence-corrected chi connectivity index (χ2v) is 5.19. The third-order valence-electron chi connectivity index (χ3n) is 2.88. The van der Waals surface area contributed by atoms with Crippen molar-refractivity contribution >= 4 is 23.3 Å². The van der Waals surface area contributed by atoms with Gasteiger partial charge in [-0.2, -0.15) is 0 Å². The SMILES string of the molecule is COc1cscc1C(=O)NNC(=O)OCCc1cccc(F)c1. The molecule has 2 N–H and O–H groups in total. The van der Waals surface area contributed by atoms with Crippen molar-refractivity contribution in [2.75, 3.05) is 13.7 Å². The normalized spacial score (nSPS) is 10.0. The first-order valence-electron chi connectivity index (χ1n) is 6.68. The number of rotatable bonds is 5. The summed E-state index contributed by atoms with van der Waals surface area (Å²) < 4.78 is 22.9. The first-order chi connectivity index (χ1) is 11.1. The largest absolute Gasteiger partial charge is 0.495 e. The van der Waals surface area contributed by atoms with Gasteiger partial charge in [-0.05, 0) is 17.7 Å². The van der Waals surface area contributed by atoms with Crippen LogP contribution in [0.3, 0.4) is 0 Å². The van der Waals surface area contributed by atoms with Crippen molar-refractivity contribution in [3.63, 3.8) is 0 Å². The summed E-state index contributed by atoms with van der Waals surface area (Å²) in [6, 6.07) is 6.02.